The number of hydrogen-bond donors (Lipinski definition) is 0. The molecule has 0 aliphatic carbocycles. The van der Waals surface area contributed by atoms with Crippen molar-refractivity contribution in [2.45, 2.75) is 29.7 Å². The molecule has 0 fully saturated rings. The van der Waals surface area contributed by atoms with E-state index in [-0.39, 0.29) is 0 Å². The van der Waals surface area contributed by atoms with Gasteiger partial charge in [-0.2, -0.15) is 0 Å². The Hall–Kier alpha value is -0.248. The van der Waals surface area contributed by atoms with E-state index in [0.29, 0.717) is 0 Å². The molecule has 0 nitrogen and oxygen atoms in total. The van der Waals surface area contributed by atoms with Crippen molar-refractivity contribution in [2.24, 2.45) is 0 Å². The molecule has 12 heavy (non-hydrogen) atoms. The van der Waals surface area contributed by atoms with Gasteiger partial charge in [0.05, 0.1) is 0 Å². The number of hydrogen-bond acceptors (Lipinski definition) is 0. The number of rotatable bonds is 4. The lowest BCUT2D eigenvalue weighted by Crippen LogP contribution is -2.13. The van der Waals surface area contributed by atoms with Gasteiger partial charge in [-0.1, -0.05) is 65.6 Å². The summed E-state index contributed by atoms with van der Waals surface area (Å²) in [4.78, 5) is 0. The molecule has 1 rings (SSSR count). The molecule has 1 aromatic carbocycles. The van der Waals surface area contributed by atoms with E-state index in [9.17, 15) is 0 Å². The average molecular weight is 176 g/mol. The Bertz CT molecular complexity index is 202. The van der Waals surface area contributed by atoms with Gasteiger partial charge < -0.3 is 0 Å². The van der Waals surface area contributed by atoms with Crippen molar-refractivity contribution in [3.8, 4) is 0 Å². The molecule has 0 saturated heterocycles. The molecule has 0 unspecified atom stereocenters. The summed E-state index contributed by atoms with van der Waals surface area (Å²) in [6.45, 7) is 4.67. The van der Waals surface area contributed by atoms with Gasteiger partial charge in [-0.3, -0.25) is 0 Å². The zero-order valence-electron chi connectivity index (χ0n) is 8.09. The smallest absolute Gasteiger partial charge is 0.0965 e. The third-order valence-electron chi connectivity index (χ3n) is 2.52. The lowest BCUT2D eigenvalue weighted by Gasteiger charge is -2.05. The molecule has 0 bridgehead atoms. The summed E-state index contributed by atoms with van der Waals surface area (Å²) in [5.74, 6) is 0. The fourth-order valence-electron chi connectivity index (χ4n) is 1.52. The lowest BCUT2D eigenvalue weighted by molar-refractivity contribution is 1.22. The summed E-state index contributed by atoms with van der Waals surface area (Å²) < 4.78 is 0. The van der Waals surface area contributed by atoms with Crippen molar-refractivity contribution < 1.29 is 0 Å². The minimum Gasteiger partial charge on any atom is -0.0965 e. The molecule has 0 saturated carbocycles. The van der Waals surface area contributed by atoms with Gasteiger partial charge in [0.15, 0.2) is 0 Å². The van der Waals surface area contributed by atoms with Gasteiger partial charge in [0.1, 0.15) is 0 Å². The van der Waals surface area contributed by atoms with Crippen molar-refractivity contribution in [1.82, 2.24) is 0 Å². The van der Waals surface area contributed by atoms with Gasteiger partial charge >= 0.3 is 0 Å². The summed E-state index contributed by atoms with van der Waals surface area (Å²) >= 11 is -0.419. The van der Waals surface area contributed by atoms with E-state index in [4.69, 9.17) is 0 Å². The van der Waals surface area contributed by atoms with Crippen LogP contribution < -0.4 is 0 Å². The van der Waals surface area contributed by atoms with Crippen LogP contribution in [0.5, 0.6) is 0 Å². The molecule has 1 heteroatoms. The van der Waals surface area contributed by atoms with Gasteiger partial charge in [0.25, 0.3) is 14.1 Å². The highest BCUT2D eigenvalue weighted by Gasteiger charge is 2.11. The standard InChI is InChI=1S/C7H7.2C2H5.Al/c1-7-5-3-2-4-6-7;2*1-2;/h2-6H,1H2;2*1H2,2H3;. The van der Waals surface area contributed by atoms with Crippen LogP contribution in [0.25, 0.3) is 0 Å². The summed E-state index contributed by atoms with van der Waals surface area (Å²) in [7, 11) is 0. The zero-order valence-corrected chi connectivity index (χ0v) is 9.24. The molecule has 0 spiro atoms. The van der Waals surface area contributed by atoms with Crippen LogP contribution in [0.2, 0.25) is 10.6 Å². The topological polar surface area (TPSA) is 0 Å². The molecule has 1 aromatic rings. The molecule has 0 aliphatic heterocycles. The molecule has 0 N–H and O–H groups in total. The van der Waals surface area contributed by atoms with Crippen LogP contribution in [0.1, 0.15) is 19.4 Å². The van der Waals surface area contributed by atoms with Crippen LogP contribution >= 0.6 is 0 Å². The van der Waals surface area contributed by atoms with E-state index < -0.39 is 14.1 Å². The fourth-order valence-corrected chi connectivity index (χ4v) is 3.62. The molecule has 0 radical (unpaired) electrons. The first kappa shape index (κ1) is 9.84. The largest absolute Gasteiger partial charge is 0.266 e. The molecule has 0 heterocycles. The summed E-state index contributed by atoms with van der Waals surface area (Å²) in [5.41, 5.74) is 1.54. The first-order chi connectivity index (χ1) is 5.86. The van der Waals surface area contributed by atoms with Crippen LogP contribution in [-0.2, 0) is 5.28 Å². The van der Waals surface area contributed by atoms with Gasteiger partial charge in [-0.15, -0.1) is 0 Å². The first-order valence-electron chi connectivity index (χ1n) is 4.90. The van der Waals surface area contributed by atoms with Crippen molar-refractivity contribution in [3.05, 3.63) is 35.9 Å². The summed E-state index contributed by atoms with van der Waals surface area (Å²) in [6.07, 6.45) is 0. The van der Waals surface area contributed by atoms with Crippen molar-refractivity contribution >= 4 is 14.1 Å². The quantitative estimate of drug-likeness (QED) is 0.617. The van der Waals surface area contributed by atoms with E-state index in [1.165, 1.54) is 21.4 Å². The average Bonchev–Trinajstić information content (AvgIpc) is 2.16. The Morgan fingerprint density at radius 1 is 1.00 bits per heavy atom. The SMILES string of the molecule is C[CH2][Al]([CH2]C)[CH2]c1ccccc1. The van der Waals surface area contributed by atoms with E-state index in [1.807, 2.05) is 0 Å². The predicted molar refractivity (Wildman–Crippen MR) is 56.9 cm³/mol. The first-order valence-corrected chi connectivity index (χ1v) is 7.35. The van der Waals surface area contributed by atoms with Crippen LogP contribution in [0.4, 0.5) is 0 Å². The maximum absolute atomic E-state index is 2.34. The molecule has 0 aromatic heterocycles. The van der Waals surface area contributed by atoms with Crippen molar-refractivity contribution in [3.63, 3.8) is 0 Å². The minimum absolute atomic E-state index is 0.419. The van der Waals surface area contributed by atoms with Gasteiger partial charge in [-0.05, 0) is 0 Å². The second-order valence-electron chi connectivity index (χ2n) is 3.37. The monoisotopic (exact) mass is 176 g/mol. The Morgan fingerprint density at radius 2 is 1.58 bits per heavy atom. The Balaban J connectivity index is 2.51. The number of benzene rings is 1. The van der Waals surface area contributed by atoms with Gasteiger partial charge in [0.2, 0.25) is 0 Å². The fraction of sp³-hybridized carbons (Fsp3) is 0.455. The maximum Gasteiger partial charge on any atom is 0.266 e. The molecule has 0 atom stereocenters. The van der Waals surface area contributed by atoms with Crippen LogP contribution in [0, 0.1) is 0 Å². The third kappa shape index (κ3) is 3.01. The highest BCUT2D eigenvalue weighted by Crippen LogP contribution is 2.07. The van der Waals surface area contributed by atoms with Crippen LogP contribution in [-0.4, -0.2) is 14.1 Å². The molecule has 0 aliphatic rings. The van der Waals surface area contributed by atoms with Gasteiger partial charge in [0, 0.05) is 0 Å². The highest BCUT2D eigenvalue weighted by atomic mass is 27.2. The predicted octanol–water partition coefficient (Wildman–Crippen LogP) is 3.30. The highest BCUT2D eigenvalue weighted by molar-refractivity contribution is 6.58. The third-order valence-corrected chi connectivity index (χ3v) is 5.88. The molecule has 64 valence electrons. The van der Waals surface area contributed by atoms with E-state index in [2.05, 4.69) is 44.2 Å². The van der Waals surface area contributed by atoms with Crippen molar-refractivity contribution in [2.75, 3.05) is 0 Å². The Labute approximate surface area is 80.0 Å². The second kappa shape index (κ2) is 5.41. The van der Waals surface area contributed by atoms with E-state index in [1.54, 1.807) is 0 Å². The Kier molecular flexibility index (Phi) is 4.43. The summed E-state index contributed by atoms with van der Waals surface area (Å²) in [5, 5.41) is 4.25. The maximum atomic E-state index is 2.34. The van der Waals surface area contributed by atoms with Crippen LogP contribution in [0.15, 0.2) is 30.3 Å². The Morgan fingerprint density at radius 3 is 2.08 bits per heavy atom. The molecule has 0 amide bonds. The van der Waals surface area contributed by atoms with Gasteiger partial charge in [-0.25, -0.2) is 0 Å². The normalized spacial score (nSPS) is 9.83. The minimum atomic E-state index is -0.419. The van der Waals surface area contributed by atoms with E-state index in [0.717, 1.165) is 0 Å². The molecular weight excluding hydrogens is 159 g/mol. The lowest BCUT2D eigenvalue weighted by atomic mass is 10.2. The summed E-state index contributed by atoms with van der Waals surface area (Å²) in [6, 6.07) is 10.9. The zero-order chi connectivity index (χ0) is 8.81. The molecular formula is C11H17Al. The van der Waals surface area contributed by atoms with Crippen molar-refractivity contribution in [1.29, 1.82) is 0 Å². The second-order valence-corrected chi connectivity index (χ2v) is 7.15. The van der Waals surface area contributed by atoms with Crippen LogP contribution in [0.3, 0.4) is 0 Å². The van der Waals surface area contributed by atoms with E-state index >= 15 is 0 Å².